The molecule has 3 heterocycles. The van der Waals surface area contributed by atoms with Crippen molar-refractivity contribution in [2.45, 2.75) is 38.0 Å². The second-order valence-electron chi connectivity index (χ2n) is 8.10. The summed E-state index contributed by atoms with van der Waals surface area (Å²) in [5.41, 5.74) is 4.38. The van der Waals surface area contributed by atoms with Gasteiger partial charge in [-0.1, -0.05) is 18.2 Å². The molecule has 2 aromatic carbocycles. The fraction of sp³-hybridized carbons (Fsp3) is 0.364. The van der Waals surface area contributed by atoms with Crippen LogP contribution in [0.5, 0.6) is 0 Å². The Balaban J connectivity index is 1.86. The van der Waals surface area contributed by atoms with E-state index in [9.17, 15) is 4.79 Å². The van der Waals surface area contributed by atoms with Gasteiger partial charge in [-0.2, -0.15) is 4.98 Å². The summed E-state index contributed by atoms with van der Waals surface area (Å²) in [5, 5.41) is 4.11. The lowest BCUT2D eigenvalue weighted by molar-refractivity contribution is 0.453. The summed E-state index contributed by atoms with van der Waals surface area (Å²) < 4.78 is 3.00. The molecule has 1 aromatic heterocycles. The number of nitrogens with zero attached hydrogens (tertiary/aromatic N) is 2. The predicted octanol–water partition coefficient (Wildman–Crippen LogP) is 4.25. The number of fused-ring (bicyclic) bond motifs is 5. The molecular weight excluding hydrogens is 402 g/mol. The van der Waals surface area contributed by atoms with Gasteiger partial charge in [-0.3, -0.25) is 9.36 Å². The zero-order valence-corrected chi connectivity index (χ0v) is 17.1. The highest BCUT2D eigenvalue weighted by molar-refractivity contribution is 9.10. The first-order valence-corrected chi connectivity index (χ1v) is 10.4. The van der Waals surface area contributed by atoms with Gasteiger partial charge in [0.05, 0.1) is 22.0 Å². The molecule has 0 unspecified atom stereocenters. The number of aromatic nitrogens is 2. The van der Waals surface area contributed by atoms with Gasteiger partial charge in [0.25, 0.3) is 5.56 Å². The predicted molar refractivity (Wildman–Crippen MR) is 112 cm³/mol. The number of hydrogen-bond donors (Lipinski definition) is 1. The summed E-state index contributed by atoms with van der Waals surface area (Å²) in [6.07, 6.45) is 2.31. The fourth-order valence-corrected chi connectivity index (χ4v) is 5.43. The van der Waals surface area contributed by atoms with E-state index in [4.69, 9.17) is 0 Å². The minimum Gasteiger partial charge on any atom is -0.317 e. The lowest BCUT2D eigenvalue weighted by atomic mass is 9.77. The molecule has 0 atom stereocenters. The van der Waals surface area contributed by atoms with Gasteiger partial charge in [0.2, 0.25) is 0 Å². The molecule has 1 fully saturated rings. The van der Waals surface area contributed by atoms with Crippen LogP contribution < -0.4 is 10.9 Å². The van der Waals surface area contributed by atoms with Gasteiger partial charge < -0.3 is 5.32 Å². The van der Waals surface area contributed by atoms with Crippen molar-refractivity contribution in [1.29, 1.82) is 0 Å². The van der Waals surface area contributed by atoms with Crippen molar-refractivity contribution in [2.24, 2.45) is 0 Å². The molecule has 5 rings (SSSR count). The van der Waals surface area contributed by atoms with Gasteiger partial charge in [-0.25, -0.2) is 0 Å². The normalized spacial score (nSPS) is 18.5. The second kappa shape index (κ2) is 6.01. The van der Waals surface area contributed by atoms with Gasteiger partial charge in [-0.15, -0.1) is 0 Å². The Bertz CT molecular complexity index is 1130. The largest absolute Gasteiger partial charge is 0.317 e. The Labute approximate surface area is 166 Å². The van der Waals surface area contributed by atoms with E-state index in [1.54, 1.807) is 0 Å². The van der Waals surface area contributed by atoms with Gasteiger partial charge in [-0.05, 0) is 91.0 Å². The molecular formula is C22H22BrN3O. The lowest BCUT2D eigenvalue weighted by Crippen LogP contribution is -2.29. The summed E-state index contributed by atoms with van der Waals surface area (Å²) in [4.78, 5) is 17.4. The summed E-state index contributed by atoms with van der Waals surface area (Å²) in [5.74, 6) is 1.40. The Morgan fingerprint density at radius 3 is 2.67 bits per heavy atom. The number of piperidine rings is 1. The Hall–Kier alpha value is -1.98. The minimum absolute atomic E-state index is 0.159. The van der Waals surface area contributed by atoms with Crippen molar-refractivity contribution >= 4 is 26.8 Å². The van der Waals surface area contributed by atoms with Crippen LogP contribution in [0.15, 0.2) is 45.7 Å². The smallest absolute Gasteiger partial charge is 0.281 e. The van der Waals surface area contributed by atoms with Gasteiger partial charge >= 0.3 is 0 Å². The van der Waals surface area contributed by atoms with E-state index in [2.05, 4.69) is 62.8 Å². The second-order valence-corrected chi connectivity index (χ2v) is 8.95. The topological polar surface area (TPSA) is 46.9 Å². The monoisotopic (exact) mass is 423 g/mol. The van der Waals surface area contributed by atoms with Crippen LogP contribution in [-0.4, -0.2) is 22.6 Å². The standard InChI is InChI=1S/C22H22BrN3O/c1-22(2)19-14(13-9-11-24-12-10-13)5-3-8-17(19)26-16-7-4-6-15(23)18(16)20(27)25-21(22)26/h3-8,13,24H,9-12H2,1-2H3. The van der Waals surface area contributed by atoms with E-state index in [-0.39, 0.29) is 11.0 Å². The first kappa shape index (κ1) is 17.1. The van der Waals surface area contributed by atoms with E-state index in [0.29, 0.717) is 11.3 Å². The Kier molecular flexibility index (Phi) is 3.82. The molecule has 0 amide bonds. The van der Waals surface area contributed by atoms with Gasteiger partial charge in [0, 0.05) is 4.47 Å². The molecule has 0 bridgehead atoms. The Morgan fingerprint density at radius 1 is 1.15 bits per heavy atom. The highest BCUT2D eigenvalue weighted by atomic mass is 79.9. The highest BCUT2D eigenvalue weighted by Crippen LogP contribution is 2.47. The van der Waals surface area contributed by atoms with Gasteiger partial charge in [0.15, 0.2) is 0 Å². The van der Waals surface area contributed by atoms with E-state index in [1.165, 1.54) is 16.8 Å². The van der Waals surface area contributed by atoms with Crippen LogP contribution in [-0.2, 0) is 5.41 Å². The average molecular weight is 424 g/mol. The molecule has 4 nitrogen and oxygen atoms in total. The zero-order chi connectivity index (χ0) is 18.8. The number of halogens is 1. The maximum absolute atomic E-state index is 12.8. The maximum Gasteiger partial charge on any atom is 0.281 e. The van der Waals surface area contributed by atoms with Crippen molar-refractivity contribution in [3.05, 3.63) is 68.2 Å². The molecule has 27 heavy (non-hydrogen) atoms. The van der Waals surface area contributed by atoms with Crippen LogP contribution in [0.4, 0.5) is 0 Å². The molecule has 0 spiro atoms. The zero-order valence-electron chi connectivity index (χ0n) is 15.6. The van der Waals surface area contributed by atoms with Crippen molar-refractivity contribution in [3.63, 3.8) is 0 Å². The minimum atomic E-state index is -0.299. The summed E-state index contributed by atoms with van der Waals surface area (Å²) in [6, 6.07) is 12.5. The molecule has 0 radical (unpaired) electrons. The van der Waals surface area contributed by atoms with E-state index in [1.807, 2.05) is 18.2 Å². The summed E-state index contributed by atoms with van der Waals surface area (Å²) in [6.45, 7) is 6.53. The third-order valence-electron chi connectivity index (χ3n) is 6.14. The Morgan fingerprint density at radius 2 is 1.89 bits per heavy atom. The van der Waals surface area contributed by atoms with E-state index < -0.39 is 0 Å². The lowest BCUT2D eigenvalue weighted by Gasteiger charge is -2.28. The number of hydrogen-bond acceptors (Lipinski definition) is 3. The van der Waals surface area contributed by atoms with Crippen LogP contribution >= 0.6 is 15.9 Å². The van der Waals surface area contributed by atoms with Crippen LogP contribution in [0.1, 0.15) is 49.6 Å². The van der Waals surface area contributed by atoms with Gasteiger partial charge in [0.1, 0.15) is 5.82 Å². The molecule has 138 valence electrons. The first-order chi connectivity index (χ1) is 13.0. The van der Waals surface area contributed by atoms with Crippen LogP contribution in [0, 0.1) is 0 Å². The molecule has 3 aromatic rings. The van der Waals surface area contributed by atoms with E-state index in [0.717, 1.165) is 41.7 Å². The number of rotatable bonds is 1. The quantitative estimate of drug-likeness (QED) is 0.635. The highest BCUT2D eigenvalue weighted by Gasteiger charge is 2.41. The number of nitrogens with one attached hydrogen (secondary N) is 1. The third kappa shape index (κ3) is 2.38. The average Bonchev–Trinajstić information content (AvgIpc) is 2.90. The molecule has 1 N–H and O–H groups in total. The van der Waals surface area contributed by atoms with Crippen LogP contribution in [0.2, 0.25) is 0 Å². The van der Waals surface area contributed by atoms with Crippen LogP contribution in [0.3, 0.4) is 0 Å². The van der Waals surface area contributed by atoms with E-state index >= 15 is 0 Å². The fourth-order valence-electron chi connectivity index (χ4n) is 4.90. The summed E-state index contributed by atoms with van der Waals surface area (Å²) >= 11 is 3.54. The molecule has 2 aliphatic heterocycles. The van der Waals surface area contributed by atoms with Crippen molar-refractivity contribution < 1.29 is 0 Å². The van der Waals surface area contributed by atoms with Crippen molar-refractivity contribution in [3.8, 4) is 5.69 Å². The molecule has 0 saturated carbocycles. The molecule has 2 aliphatic rings. The molecule has 0 aliphatic carbocycles. The molecule has 5 heteroatoms. The molecule has 1 saturated heterocycles. The SMILES string of the molecule is CC1(C)c2c(C3CCNCC3)cccc2-n2c1nc(=O)c1c(Br)cccc12. The number of benzene rings is 2. The first-order valence-electron chi connectivity index (χ1n) is 9.56. The van der Waals surface area contributed by atoms with Crippen molar-refractivity contribution in [1.82, 2.24) is 14.9 Å². The maximum atomic E-state index is 12.8. The summed E-state index contributed by atoms with van der Waals surface area (Å²) in [7, 11) is 0. The third-order valence-corrected chi connectivity index (χ3v) is 6.81. The van der Waals surface area contributed by atoms with Crippen molar-refractivity contribution in [2.75, 3.05) is 13.1 Å². The van der Waals surface area contributed by atoms with Crippen LogP contribution in [0.25, 0.3) is 16.6 Å².